The van der Waals surface area contributed by atoms with Crippen LogP contribution in [0.1, 0.15) is 47.8 Å². The van der Waals surface area contributed by atoms with Gasteiger partial charge in [0.1, 0.15) is 15.1 Å². The number of benzene rings is 6. The third-order valence-corrected chi connectivity index (χ3v) is 9.39. The van der Waals surface area contributed by atoms with Crippen molar-refractivity contribution in [1.82, 2.24) is 0 Å². The van der Waals surface area contributed by atoms with Gasteiger partial charge in [0.25, 0.3) is 17.1 Å². The summed E-state index contributed by atoms with van der Waals surface area (Å²) in [4.78, 5) is 88.6. The molecule has 62 heavy (non-hydrogen) atoms. The molecule has 0 spiro atoms. The number of nitrogens with zero attached hydrogens (tertiary/aromatic N) is 3. The predicted molar refractivity (Wildman–Crippen MR) is 233 cm³/mol. The lowest BCUT2D eigenvalue weighted by molar-refractivity contribution is -0.384. The van der Waals surface area contributed by atoms with Crippen molar-refractivity contribution in [3.8, 4) is 0 Å². The molecule has 6 rings (SSSR count). The smallest absolute Gasteiger partial charge is 0.303 e. The first-order chi connectivity index (χ1) is 29.0. The molecule has 6 aromatic rings. The molecule has 0 saturated heterocycles. The molecule has 0 radical (unpaired) electrons. The minimum Gasteiger partial charge on any atom is -0.303 e. The van der Waals surface area contributed by atoms with E-state index in [0.717, 1.165) is 18.2 Å². The Morgan fingerprint density at radius 2 is 0.597 bits per heavy atom. The van der Waals surface area contributed by atoms with Gasteiger partial charge >= 0.3 is 7.82 Å². The molecule has 0 amide bonds. The van der Waals surface area contributed by atoms with E-state index in [0.29, 0.717) is 16.7 Å². The van der Waals surface area contributed by atoms with E-state index < -0.39 is 22.6 Å². The molecule has 6 aromatic carbocycles. The maximum atomic E-state index is 12.2. The van der Waals surface area contributed by atoms with Crippen LogP contribution in [-0.4, -0.2) is 46.8 Å². The molecule has 0 fully saturated rings. The predicted octanol–water partition coefficient (Wildman–Crippen LogP) is 11.5. The van der Waals surface area contributed by atoms with Crippen molar-refractivity contribution in [1.29, 1.82) is 0 Å². The van der Waals surface area contributed by atoms with E-state index in [-0.39, 0.29) is 81.2 Å². The van der Waals surface area contributed by atoms with Crippen LogP contribution in [0.5, 0.6) is 0 Å². The van der Waals surface area contributed by atoms with Crippen molar-refractivity contribution < 1.29 is 48.4 Å². The molecule has 23 heteroatoms. The minimum atomic E-state index is -4.64. The standard InChI is InChI=1S/3C13H7Cl2NO3.H3O4P/c3*14-10-7-11(15)12(16(18)19)6-9(10)13(17)8-4-2-1-3-5-8;1-5(2,3)4/h3*1-7H;(H3,1,2,3,4). The van der Waals surface area contributed by atoms with Crippen molar-refractivity contribution in [2.45, 2.75) is 0 Å². The van der Waals surface area contributed by atoms with Gasteiger partial charge in [-0.3, -0.25) is 44.7 Å². The van der Waals surface area contributed by atoms with E-state index in [1.165, 1.54) is 18.2 Å². The molecule has 16 nitrogen and oxygen atoms in total. The van der Waals surface area contributed by atoms with Gasteiger partial charge in [-0.2, -0.15) is 0 Å². The van der Waals surface area contributed by atoms with Gasteiger partial charge < -0.3 is 14.7 Å². The monoisotopic (exact) mass is 983 g/mol. The van der Waals surface area contributed by atoms with Crippen molar-refractivity contribution >= 4 is 112 Å². The van der Waals surface area contributed by atoms with Crippen molar-refractivity contribution in [3.63, 3.8) is 0 Å². The first kappa shape index (κ1) is 50.7. The van der Waals surface area contributed by atoms with Crippen molar-refractivity contribution in [2.24, 2.45) is 0 Å². The molecular formula is C39H24Cl6N3O13P. The highest BCUT2D eigenvalue weighted by molar-refractivity contribution is 7.45. The van der Waals surface area contributed by atoms with Crippen LogP contribution in [0.4, 0.5) is 17.1 Å². The van der Waals surface area contributed by atoms with E-state index in [1.807, 2.05) is 0 Å². The summed E-state index contributed by atoms with van der Waals surface area (Å²) in [6, 6.07) is 32.1. The fraction of sp³-hybridized carbons (Fsp3) is 0. The van der Waals surface area contributed by atoms with Gasteiger partial charge in [-0.1, -0.05) is 161 Å². The SMILES string of the molecule is O=C(c1ccccc1)c1cc([N+](=O)[O-])c(Cl)cc1Cl.O=C(c1ccccc1)c1cc([N+](=O)[O-])c(Cl)cc1Cl.O=C(c1ccccc1)c1cc([N+](=O)[O-])c(Cl)cc1Cl.O=P(O)(O)O. The lowest BCUT2D eigenvalue weighted by Crippen LogP contribution is -2.03. The van der Waals surface area contributed by atoms with Gasteiger partial charge in [-0.25, -0.2) is 4.57 Å². The molecule has 0 atom stereocenters. The Balaban J connectivity index is 0.000000234. The molecule has 0 aromatic heterocycles. The first-order valence-corrected chi connectivity index (χ1v) is 20.3. The lowest BCUT2D eigenvalue weighted by atomic mass is 10.0. The second-order valence-electron chi connectivity index (χ2n) is 11.7. The quantitative estimate of drug-likeness (QED) is 0.0527. The summed E-state index contributed by atoms with van der Waals surface area (Å²) < 4.78 is 8.88. The van der Waals surface area contributed by atoms with Gasteiger partial charge in [0, 0.05) is 51.6 Å². The zero-order chi connectivity index (χ0) is 46.5. The van der Waals surface area contributed by atoms with E-state index in [1.54, 1.807) is 91.0 Å². The van der Waals surface area contributed by atoms with Gasteiger partial charge in [0.15, 0.2) is 17.3 Å². The van der Waals surface area contributed by atoms with Crippen LogP contribution in [0.15, 0.2) is 127 Å². The summed E-state index contributed by atoms with van der Waals surface area (Å²) in [6.45, 7) is 0. The number of halogens is 6. The maximum Gasteiger partial charge on any atom is 0.466 e. The number of hydrogen-bond donors (Lipinski definition) is 3. The Morgan fingerprint density at radius 3 is 0.774 bits per heavy atom. The zero-order valence-corrected chi connectivity index (χ0v) is 36.0. The Bertz CT molecular complexity index is 2420. The highest BCUT2D eigenvalue weighted by atomic mass is 35.5. The van der Waals surface area contributed by atoms with Gasteiger partial charge in [-0.05, 0) is 18.2 Å². The van der Waals surface area contributed by atoms with Crippen LogP contribution in [-0.2, 0) is 4.57 Å². The molecule has 0 aliphatic heterocycles. The van der Waals surface area contributed by atoms with E-state index >= 15 is 0 Å². The summed E-state index contributed by atoms with van der Waals surface area (Å²) in [5, 5.41) is 32.4. The van der Waals surface area contributed by atoms with Gasteiger partial charge in [0.05, 0.1) is 29.8 Å². The van der Waals surface area contributed by atoms with Crippen LogP contribution in [0.3, 0.4) is 0 Å². The number of carbonyl (C=O) groups excluding carboxylic acids is 3. The average molecular weight is 986 g/mol. The molecule has 0 aliphatic carbocycles. The summed E-state index contributed by atoms with van der Waals surface area (Å²) >= 11 is 34.9. The highest BCUT2D eigenvalue weighted by Gasteiger charge is 2.23. The Labute approximate surface area is 379 Å². The fourth-order valence-electron chi connectivity index (χ4n) is 4.79. The molecular weight excluding hydrogens is 962 g/mol. The van der Waals surface area contributed by atoms with Crippen LogP contribution in [0.25, 0.3) is 0 Å². The Kier molecular flexibility index (Phi) is 18.8. The van der Waals surface area contributed by atoms with E-state index in [9.17, 15) is 44.7 Å². The van der Waals surface area contributed by atoms with Crippen molar-refractivity contribution in [3.05, 3.63) is 221 Å². The second-order valence-corrected chi connectivity index (χ2v) is 15.2. The Hall–Kier alpha value is -5.62. The van der Waals surface area contributed by atoms with Crippen LogP contribution >= 0.6 is 77.4 Å². The van der Waals surface area contributed by atoms with E-state index in [2.05, 4.69) is 0 Å². The molecule has 0 unspecified atom stereocenters. The normalized spacial score (nSPS) is 10.3. The lowest BCUT2D eigenvalue weighted by Gasteiger charge is -2.05. The zero-order valence-electron chi connectivity index (χ0n) is 30.6. The molecule has 0 heterocycles. The number of ketones is 3. The number of rotatable bonds is 9. The summed E-state index contributed by atoms with van der Waals surface area (Å²) in [6.07, 6.45) is 0. The maximum absolute atomic E-state index is 12.2. The average Bonchev–Trinajstić information content (AvgIpc) is 3.20. The van der Waals surface area contributed by atoms with Crippen molar-refractivity contribution in [2.75, 3.05) is 0 Å². The molecule has 0 saturated carbocycles. The topological polar surface area (TPSA) is 258 Å². The largest absolute Gasteiger partial charge is 0.466 e. The second kappa shape index (κ2) is 23.0. The number of nitro benzene ring substituents is 3. The third-order valence-electron chi connectivity index (χ3n) is 7.54. The molecule has 320 valence electrons. The number of nitro groups is 3. The van der Waals surface area contributed by atoms with E-state index in [4.69, 9.17) is 88.9 Å². The first-order valence-electron chi connectivity index (χ1n) is 16.5. The molecule has 3 N–H and O–H groups in total. The molecule has 0 aliphatic rings. The van der Waals surface area contributed by atoms with Crippen LogP contribution < -0.4 is 0 Å². The number of hydrogen-bond acceptors (Lipinski definition) is 10. The highest BCUT2D eigenvalue weighted by Crippen LogP contribution is 2.34. The van der Waals surface area contributed by atoms with Gasteiger partial charge in [0.2, 0.25) is 0 Å². The molecule has 0 bridgehead atoms. The minimum absolute atomic E-state index is 0.0592. The summed E-state index contributed by atoms with van der Waals surface area (Å²) in [5.74, 6) is -1.15. The fourth-order valence-corrected chi connectivity index (χ4v) is 6.40. The van der Waals surface area contributed by atoms with Gasteiger partial charge in [-0.15, -0.1) is 0 Å². The van der Waals surface area contributed by atoms with Crippen LogP contribution in [0.2, 0.25) is 30.1 Å². The summed E-state index contributed by atoms with van der Waals surface area (Å²) in [7, 11) is -4.64. The number of carbonyl (C=O) groups is 3. The Morgan fingerprint density at radius 1 is 0.403 bits per heavy atom. The van der Waals surface area contributed by atoms with Crippen LogP contribution in [0, 0.1) is 30.3 Å². The summed E-state index contributed by atoms with van der Waals surface area (Å²) in [5.41, 5.74) is 0.362. The third kappa shape index (κ3) is 14.8. The number of phosphoric acid groups is 1.